The molecular weight excluding hydrogens is 288 g/mol. The summed E-state index contributed by atoms with van der Waals surface area (Å²) in [5, 5.41) is 7.77. The summed E-state index contributed by atoms with van der Waals surface area (Å²) in [6.45, 7) is 0.480. The summed E-state index contributed by atoms with van der Waals surface area (Å²) in [6, 6.07) is 8.92. The van der Waals surface area contributed by atoms with Crippen molar-refractivity contribution >= 4 is 34.1 Å². The monoisotopic (exact) mass is 302 g/mol. The summed E-state index contributed by atoms with van der Waals surface area (Å²) in [4.78, 5) is 29.5. The van der Waals surface area contributed by atoms with Crippen LogP contribution < -0.4 is 15.5 Å². The lowest BCUT2D eigenvalue weighted by Crippen LogP contribution is -2.39. The minimum absolute atomic E-state index is 0.0146. The second-order valence-corrected chi connectivity index (χ2v) is 5.57. The lowest BCUT2D eigenvalue weighted by molar-refractivity contribution is -0.117. The van der Waals surface area contributed by atoms with Crippen LogP contribution in [0.4, 0.5) is 15.6 Å². The van der Waals surface area contributed by atoms with E-state index in [-0.39, 0.29) is 18.0 Å². The second-order valence-electron chi connectivity index (χ2n) is 4.68. The van der Waals surface area contributed by atoms with Gasteiger partial charge in [-0.3, -0.25) is 10.1 Å². The average molecular weight is 302 g/mol. The molecule has 2 heterocycles. The van der Waals surface area contributed by atoms with E-state index in [1.807, 2.05) is 30.3 Å². The molecule has 1 aliphatic heterocycles. The molecule has 0 unspecified atom stereocenters. The number of nitrogens with one attached hydrogen (secondary N) is 2. The lowest BCUT2D eigenvalue weighted by Gasteiger charge is -2.17. The van der Waals surface area contributed by atoms with Crippen molar-refractivity contribution in [1.82, 2.24) is 10.3 Å². The molecule has 0 bridgehead atoms. The van der Waals surface area contributed by atoms with E-state index >= 15 is 0 Å². The number of carbonyl (C=O) groups is 2. The number of urea groups is 1. The van der Waals surface area contributed by atoms with Gasteiger partial charge in [0, 0.05) is 30.2 Å². The van der Waals surface area contributed by atoms with Crippen LogP contribution in [0.1, 0.15) is 6.42 Å². The van der Waals surface area contributed by atoms with Crippen molar-refractivity contribution in [2.75, 3.05) is 16.8 Å². The highest BCUT2D eigenvalue weighted by Gasteiger charge is 2.31. The predicted octanol–water partition coefficient (Wildman–Crippen LogP) is 2.07. The summed E-state index contributed by atoms with van der Waals surface area (Å²) in [5.74, 6) is 0.0146. The van der Waals surface area contributed by atoms with Crippen LogP contribution in [0.3, 0.4) is 0 Å². The van der Waals surface area contributed by atoms with Gasteiger partial charge in [-0.2, -0.15) is 0 Å². The van der Waals surface area contributed by atoms with Crippen molar-refractivity contribution in [1.29, 1.82) is 0 Å². The molecule has 21 heavy (non-hydrogen) atoms. The van der Waals surface area contributed by atoms with Crippen LogP contribution in [-0.2, 0) is 4.79 Å². The predicted molar refractivity (Wildman–Crippen MR) is 81.5 cm³/mol. The van der Waals surface area contributed by atoms with E-state index in [0.717, 1.165) is 5.69 Å². The molecule has 2 aromatic rings. The van der Waals surface area contributed by atoms with Gasteiger partial charge in [0.05, 0.1) is 6.04 Å². The number of benzene rings is 1. The van der Waals surface area contributed by atoms with Gasteiger partial charge in [0.1, 0.15) is 0 Å². The minimum Gasteiger partial charge on any atom is -0.333 e. The van der Waals surface area contributed by atoms with Crippen molar-refractivity contribution in [3.8, 4) is 0 Å². The Hall–Kier alpha value is -2.41. The Kier molecular flexibility index (Phi) is 3.83. The van der Waals surface area contributed by atoms with E-state index < -0.39 is 0 Å². The number of hydrogen-bond acceptors (Lipinski definition) is 4. The fourth-order valence-electron chi connectivity index (χ4n) is 2.27. The largest absolute Gasteiger partial charge is 0.333 e. The molecule has 0 aliphatic carbocycles. The third kappa shape index (κ3) is 3.19. The van der Waals surface area contributed by atoms with Gasteiger partial charge < -0.3 is 10.2 Å². The zero-order valence-electron chi connectivity index (χ0n) is 11.2. The first-order chi connectivity index (χ1) is 10.2. The van der Waals surface area contributed by atoms with Gasteiger partial charge in [-0.1, -0.05) is 18.2 Å². The van der Waals surface area contributed by atoms with E-state index in [0.29, 0.717) is 18.1 Å². The topological polar surface area (TPSA) is 74.3 Å². The molecule has 1 fully saturated rings. The third-order valence-corrected chi connectivity index (χ3v) is 3.87. The summed E-state index contributed by atoms with van der Waals surface area (Å²) in [7, 11) is 0. The van der Waals surface area contributed by atoms with Gasteiger partial charge in [0.2, 0.25) is 5.91 Å². The first kappa shape index (κ1) is 13.6. The van der Waals surface area contributed by atoms with Crippen LogP contribution in [0.15, 0.2) is 41.9 Å². The molecule has 3 amide bonds. The normalized spacial score (nSPS) is 17.8. The molecule has 1 aromatic carbocycles. The number of rotatable bonds is 3. The van der Waals surface area contributed by atoms with Crippen molar-refractivity contribution in [3.05, 3.63) is 41.9 Å². The van der Waals surface area contributed by atoms with Crippen molar-refractivity contribution in [2.24, 2.45) is 0 Å². The molecule has 0 radical (unpaired) electrons. The standard InChI is InChI=1S/C14H14N4O2S/c19-12-8-10(9-18(12)11-4-2-1-3-5-11)16-13(20)17-14-15-6-7-21-14/h1-7,10H,8-9H2,(H2,15,16,17,20)/t10-/m1/s1. The Morgan fingerprint density at radius 1 is 1.33 bits per heavy atom. The quantitative estimate of drug-likeness (QED) is 0.911. The first-order valence-electron chi connectivity index (χ1n) is 6.55. The van der Waals surface area contributed by atoms with E-state index in [1.165, 1.54) is 11.3 Å². The van der Waals surface area contributed by atoms with Gasteiger partial charge in [-0.15, -0.1) is 11.3 Å². The molecule has 108 valence electrons. The number of anilines is 2. The van der Waals surface area contributed by atoms with Crippen LogP contribution >= 0.6 is 11.3 Å². The summed E-state index contributed by atoms with van der Waals surface area (Å²) in [6.07, 6.45) is 1.93. The number of aromatic nitrogens is 1. The van der Waals surface area contributed by atoms with Gasteiger partial charge in [-0.05, 0) is 12.1 Å². The first-order valence-corrected chi connectivity index (χ1v) is 7.43. The Morgan fingerprint density at radius 3 is 2.86 bits per heavy atom. The average Bonchev–Trinajstić information content (AvgIpc) is 3.09. The highest BCUT2D eigenvalue weighted by atomic mass is 32.1. The highest BCUT2D eigenvalue weighted by Crippen LogP contribution is 2.21. The molecule has 1 atom stereocenters. The van der Waals surface area contributed by atoms with Crippen LogP contribution in [0, 0.1) is 0 Å². The molecule has 2 N–H and O–H groups in total. The van der Waals surface area contributed by atoms with Gasteiger partial charge in [-0.25, -0.2) is 9.78 Å². The molecule has 1 saturated heterocycles. The SMILES string of the molecule is O=C(Nc1nccs1)N[C@@H]1CC(=O)N(c2ccccc2)C1. The third-order valence-electron chi connectivity index (χ3n) is 3.18. The second kappa shape index (κ2) is 5.92. The van der Waals surface area contributed by atoms with Gasteiger partial charge >= 0.3 is 6.03 Å². The fraction of sp³-hybridized carbons (Fsp3) is 0.214. The Bertz CT molecular complexity index is 630. The van der Waals surface area contributed by atoms with Crippen molar-refractivity contribution < 1.29 is 9.59 Å². The lowest BCUT2D eigenvalue weighted by atomic mass is 10.2. The molecule has 0 spiro atoms. The van der Waals surface area contributed by atoms with Gasteiger partial charge in [0.25, 0.3) is 0 Å². The number of hydrogen-bond donors (Lipinski definition) is 2. The van der Waals surface area contributed by atoms with Gasteiger partial charge in [0.15, 0.2) is 5.13 Å². The van der Waals surface area contributed by atoms with E-state index in [2.05, 4.69) is 15.6 Å². The molecule has 1 aliphatic rings. The van der Waals surface area contributed by atoms with E-state index in [4.69, 9.17) is 0 Å². The van der Waals surface area contributed by atoms with Crippen LogP contribution in [0.5, 0.6) is 0 Å². The van der Waals surface area contributed by atoms with Crippen LogP contribution in [0.2, 0.25) is 0 Å². The number of carbonyl (C=O) groups excluding carboxylic acids is 2. The molecule has 6 nitrogen and oxygen atoms in total. The summed E-state index contributed by atoms with van der Waals surface area (Å²) < 4.78 is 0. The Labute approximate surface area is 125 Å². The Morgan fingerprint density at radius 2 is 2.14 bits per heavy atom. The molecule has 3 rings (SSSR count). The maximum Gasteiger partial charge on any atom is 0.321 e. The van der Waals surface area contributed by atoms with E-state index in [9.17, 15) is 9.59 Å². The zero-order chi connectivity index (χ0) is 14.7. The molecule has 1 aromatic heterocycles. The number of amides is 3. The van der Waals surface area contributed by atoms with Crippen molar-refractivity contribution in [3.63, 3.8) is 0 Å². The summed E-state index contributed by atoms with van der Waals surface area (Å²) in [5.41, 5.74) is 0.854. The Balaban J connectivity index is 1.59. The van der Waals surface area contributed by atoms with Crippen LogP contribution in [-0.4, -0.2) is 29.5 Å². The van der Waals surface area contributed by atoms with Crippen LogP contribution in [0.25, 0.3) is 0 Å². The van der Waals surface area contributed by atoms with E-state index in [1.54, 1.807) is 16.5 Å². The minimum atomic E-state index is -0.335. The highest BCUT2D eigenvalue weighted by molar-refractivity contribution is 7.13. The number of para-hydroxylation sites is 1. The molecule has 7 heteroatoms. The number of nitrogens with zero attached hydrogens (tertiary/aromatic N) is 2. The molecule has 0 saturated carbocycles. The fourth-order valence-corrected chi connectivity index (χ4v) is 2.79. The van der Waals surface area contributed by atoms with Crippen molar-refractivity contribution in [2.45, 2.75) is 12.5 Å². The maximum absolute atomic E-state index is 12.0. The molecular formula is C14H14N4O2S. The smallest absolute Gasteiger partial charge is 0.321 e. The maximum atomic E-state index is 12.0. The number of thiazole rings is 1. The summed E-state index contributed by atoms with van der Waals surface area (Å²) >= 11 is 1.35. The zero-order valence-corrected chi connectivity index (χ0v) is 12.0.